The van der Waals surface area contributed by atoms with Gasteiger partial charge in [-0.05, 0) is 50.7 Å². The van der Waals surface area contributed by atoms with Gasteiger partial charge >= 0.3 is 30.5 Å². The van der Waals surface area contributed by atoms with E-state index in [0.717, 1.165) is 54.0 Å². The molecular weight excluding hydrogens is 801 g/mol. The van der Waals surface area contributed by atoms with Crippen molar-refractivity contribution in [1.29, 1.82) is 5.26 Å². The number of nitrogens with one attached hydrogen (secondary N) is 2. The lowest BCUT2D eigenvalue weighted by Gasteiger charge is -2.53. The molecule has 0 spiro atoms. The number of carbonyl (C=O) groups is 3. The van der Waals surface area contributed by atoms with E-state index in [4.69, 9.17) is 24.5 Å². The number of alkyl halides is 9. The molecule has 58 heavy (non-hydrogen) atoms. The zero-order valence-corrected chi connectivity index (χ0v) is 29.7. The number of carboxylic acid groups (broad SMARTS) is 2. The average Bonchev–Trinajstić information content (AvgIpc) is 3.57. The lowest BCUT2D eigenvalue weighted by atomic mass is 9.82. The summed E-state index contributed by atoms with van der Waals surface area (Å²) < 4.78 is 112. The number of nitrogens with zero attached hydrogens (tertiary/aromatic N) is 7. The Hall–Kier alpha value is -5.99. The predicted molar refractivity (Wildman–Crippen MR) is 179 cm³/mol. The van der Waals surface area contributed by atoms with Crippen LogP contribution in [-0.2, 0) is 21.3 Å². The number of carbonyl (C=O) groups excluding carboxylic acids is 1. The minimum absolute atomic E-state index is 0.0161. The molecule has 4 aromatic heterocycles. The molecule has 3 fully saturated rings. The Labute approximate surface area is 320 Å². The number of pyridine rings is 1. The van der Waals surface area contributed by atoms with Gasteiger partial charge in [0.25, 0.3) is 5.91 Å². The number of aromatic amines is 1. The van der Waals surface area contributed by atoms with Gasteiger partial charge in [-0.3, -0.25) is 14.4 Å². The molecule has 0 bridgehead atoms. The number of ether oxygens (including phenoxy) is 1. The second-order valence-electron chi connectivity index (χ2n) is 13.6. The third-order valence-electron chi connectivity index (χ3n) is 9.30. The van der Waals surface area contributed by atoms with Gasteiger partial charge in [-0.25, -0.2) is 24.5 Å². The SMILES string of the molecule is N#CCC1(n2cc(-c3ncnc4[nH]ccc34)cn2)CN([C@H]2CC[C@@H](Oc3cc(C(=O)NC4CC4)cc(C(F)(F)F)n3)CC2)C1.O=C(O)C(F)(F)F.O=C(O)C(F)(F)F. The quantitative estimate of drug-likeness (QED) is 0.157. The van der Waals surface area contributed by atoms with Crippen molar-refractivity contribution in [1.82, 2.24) is 39.9 Å². The summed E-state index contributed by atoms with van der Waals surface area (Å²) >= 11 is 0. The molecule has 1 aliphatic heterocycles. The highest BCUT2D eigenvalue weighted by Gasteiger charge is 2.48. The Morgan fingerprint density at radius 2 is 1.57 bits per heavy atom. The predicted octanol–water partition coefficient (Wildman–Crippen LogP) is 5.71. The van der Waals surface area contributed by atoms with E-state index in [1.54, 1.807) is 6.20 Å². The van der Waals surface area contributed by atoms with Crippen molar-refractivity contribution in [3.05, 3.63) is 54.4 Å². The van der Waals surface area contributed by atoms with E-state index in [1.165, 1.54) is 12.4 Å². The van der Waals surface area contributed by atoms with Crippen molar-refractivity contribution in [2.75, 3.05) is 13.1 Å². The number of H-pyrrole nitrogens is 1. The van der Waals surface area contributed by atoms with Crippen LogP contribution in [0.2, 0.25) is 0 Å². The summed E-state index contributed by atoms with van der Waals surface area (Å²) in [7, 11) is 0. The highest BCUT2D eigenvalue weighted by atomic mass is 19.4. The minimum atomic E-state index is -5.08. The Kier molecular flexibility index (Phi) is 12.5. The van der Waals surface area contributed by atoms with Crippen LogP contribution >= 0.6 is 0 Å². The molecule has 0 radical (unpaired) electrons. The van der Waals surface area contributed by atoms with E-state index in [2.05, 4.69) is 41.3 Å². The molecule has 7 rings (SSSR count). The van der Waals surface area contributed by atoms with Crippen LogP contribution in [0, 0.1) is 11.3 Å². The van der Waals surface area contributed by atoms with Crippen molar-refractivity contribution >= 4 is 28.9 Å². The number of likely N-dealkylation sites (tertiary alicyclic amines) is 1. The van der Waals surface area contributed by atoms with E-state index >= 15 is 0 Å². The summed E-state index contributed by atoms with van der Waals surface area (Å²) in [6.07, 6.45) is -3.32. The normalized spacial score (nSPS) is 19.3. The standard InChI is InChI=1S/C30H30F3N9O2.2C2HF3O2/c31-30(32,33)24-11-18(28(43)39-20-1-2-20)12-25(40-24)44-22-5-3-21(4-6-22)41-15-29(16-41,8-9-34)42-14-19(13-38-42)26-23-7-10-35-27(23)37-17-36-26;2*3-2(4,5)1(6)7/h7,10-14,17,20-22H,1-6,8,15-16H2,(H,39,43)(H,35,36,37);2*(H,6,7)/t21-,22+;;. The maximum atomic E-state index is 13.5. The summed E-state index contributed by atoms with van der Waals surface area (Å²) in [5.74, 6) is -6.25. The number of aromatic nitrogens is 6. The zero-order valence-electron chi connectivity index (χ0n) is 29.7. The van der Waals surface area contributed by atoms with Crippen LogP contribution in [0.3, 0.4) is 0 Å². The van der Waals surface area contributed by atoms with Crippen LogP contribution in [0.1, 0.15) is 61.0 Å². The average molecular weight is 834 g/mol. The molecule has 5 heterocycles. The van der Waals surface area contributed by atoms with Crippen LogP contribution in [0.4, 0.5) is 39.5 Å². The van der Waals surface area contributed by atoms with Gasteiger partial charge in [-0.1, -0.05) is 0 Å². The molecule has 0 unspecified atom stereocenters. The number of carboxylic acids is 2. The third kappa shape index (κ3) is 10.7. The fourth-order valence-corrected chi connectivity index (χ4v) is 6.30. The number of fused-ring (bicyclic) bond motifs is 1. The van der Waals surface area contributed by atoms with Gasteiger partial charge in [-0.2, -0.15) is 49.9 Å². The Balaban J connectivity index is 0.000000393. The molecule has 2 saturated carbocycles. The summed E-state index contributed by atoms with van der Waals surface area (Å²) in [5, 5.41) is 32.2. The number of nitriles is 1. The van der Waals surface area contributed by atoms with E-state index in [1.807, 2.05) is 23.1 Å². The fourth-order valence-electron chi connectivity index (χ4n) is 6.30. The minimum Gasteiger partial charge on any atom is -0.475 e. The summed E-state index contributed by atoms with van der Waals surface area (Å²) in [4.78, 5) is 48.1. The van der Waals surface area contributed by atoms with Crippen LogP contribution < -0.4 is 10.1 Å². The Morgan fingerprint density at radius 3 is 2.12 bits per heavy atom. The molecule has 0 atom stereocenters. The van der Waals surface area contributed by atoms with Gasteiger partial charge in [0.2, 0.25) is 5.88 Å². The molecule has 0 aromatic carbocycles. The molecule has 1 amide bonds. The number of hydrogen-bond donors (Lipinski definition) is 4. The van der Waals surface area contributed by atoms with Gasteiger partial charge in [0, 0.05) is 60.1 Å². The van der Waals surface area contributed by atoms with E-state index in [9.17, 15) is 49.6 Å². The monoisotopic (exact) mass is 833 g/mol. The van der Waals surface area contributed by atoms with E-state index in [0.29, 0.717) is 32.4 Å². The van der Waals surface area contributed by atoms with Crippen molar-refractivity contribution in [2.24, 2.45) is 0 Å². The lowest BCUT2D eigenvalue weighted by Crippen LogP contribution is -2.65. The molecule has 2 aliphatic carbocycles. The smallest absolute Gasteiger partial charge is 0.475 e. The zero-order chi connectivity index (χ0) is 42.6. The molecule has 4 aromatic rings. The van der Waals surface area contributed by atoms with Gasteiger partial charge in [-0.15, -0.1) is 0 Å². The van der Waals surface area contributed by atoms with Crippen LogP contribution in [0.25, 0.3) is 22.3 Å². The van der Waals surface area contributed by atoms with Crippen LogP contribution in [-0.4, -0.2) is 106 Å². The number of amides is 1. The number of aliphatic carboxylic acids is 2. The second kappa shape index (κ2) is 16.9. The highest BCUT2D eigenvalue weighted by Crippen LogP contribution is 2.39. The maximum absolute atomic E-state index is 13.5. The molecule has 15 nitrogen and oxygen atoms in total. The van der Waals surface area contributed by atoms with Gasteiger partial charge in [0.1, 0.15) is 29.3 Å². The molecule has 24 heteroatoms. The Bertz CT molecular complexity index is 2120. The topological polar surface area (TPSA) is 212 Å². The van der Waals surface area contributed by atoms with Gasteiger partial charge in [0.15, 0.2) is 0 Å². The van der Waals surface area contributed by atoms with Crippen molar-refractivity contribution < 1.29 is 68.8 Å². The first-order valence-corrected chi connectivity index (χ1v) is 17.2. The van der Waals surface area contributed by atoms with Crippen LogP contribution in [0.15, 0.2) is 43.1 Å². The van der Waals surface area contributed by atoms with Crippen molar-refractivity contribution in [3.8, 4) is 23.2 Å². The van der Waals surface area contributed by atoms with Crippen LogP contribution in [0.5, 0.6) is 5.88 Å². The van der Waals surface area contributed by atoms with E-state index in [-0.39, 0.29) is 29.6 Å². The largest absolute Gasteiger partial charge is 0.490 e. The third-order valence-corrected chi connectivity index (χ3v) is 9.30. The molecule has 1 saturated heterocycles. The molecule has 4 N–H and O–H groups in total. The lowest BCUT2D eigenvalue weighted by molar-refractivity contribution is -0.193. The molecular formula is C34H32F9N9O6. The summed E-state index contributed by atoms with van der Waals surface area (Å²) in [6, 6.07) is 6.60. The number of halogens is 9. The first kappa shape index (κ1) is 43.1. The van der Waals surface area contributed by atoms with Gasteiger partial charge < -0.3 is 25.3 Å². The second-order valence-corrected chi connectivity index (χ2v) is 13.6. The highest BCUT2D eigenvalue weighted by molar-refractivity contribution is 5.95. The first-order chi connectivity index (χ1) is 27.1. The Morgan fingerprint density at radius 1 is 0.948 bits per heavy atom. The van der Waals surface area contributed by atoms with Crippen molar-refractivity contribution in [2.45, 2.75) is 87.2 Å². The van der Waals surface area contributed by atoms with Crippen molar-refractivity contribution in [3.63, 3.8) is 0 Å². The van der Waals surface area contributed by atoms with Gasteiger partial charge in [0.05, 0.1) is 24.4 Å². The fraction of sp³-hybridized carbons (Fsp3) is 0.471. The molecule has 3 aliphatic rings. The summed E-state index contributed by atoms with van der Waals surface area (Å²) in [5.41, 5.74) is 0.669. The summed E-state index contributed by atoms with van der Waals surface area (Å²) in [6.45, 7) is 1.33. The first-order valence-electron chi connectivity index (χ1n) is 17.2. The van der Waals surface area contributed by atoms with E-state index < -0.39 is 47.6 Å². The maximum Gasteiger partial charge on any atom is 0.490 e. The molecule has 312 valence electrons. The number of rotatable bonds is 8. The number of hydrogen-bond acceptors (Lipinski definition) is 10.